The van der Waals surface area contributed by atoms with Gasteiger partial charge >= 0.3 is 0 Å². The van der Waals surface area contributed by atoms with Crippen LogP contribution in [0.4, 0.5) is 20.2 Å². The SMILES string of the molecule is CCOc1ccc(NC(=O)Cn2nc(C(F)F)c(Br)c2C)c([N+](=O)[O-])c1. The fraction of sp³-hybridized carbons (Fsp3) is 0.333. The van der Waals surface area contributed by atoms with Gasteiger partial charge in [-0.1, -0.05) is 0 Å². The van der Waals surface area contributed by atoms with Crippen LogP contribution < -0.4 is 10.1 Å². The van der Waals surface area contributed by atoms with Crippen molar-refractivity contribution in [1.29, 1.82) is 0 Å². The van der Waals surface area contributed by atoms with Crippen molar-refractivity contribution in [2.24, 2.45) is 0 Å². The van der Waals surface area contributed by atoms with Crippen LogP contribution in [0, 0.1) is 17.0 Å². The average Bonchev–Trinajstić information content (AvgIpc) is 2.85. The molecule has 2 rings (SSSR count). The molecule has 0 spiro atoms. The summed E-state index contributed by atoms with van der Waals surface area (Å²) in [6.07, 6.45) is -2.79. The summed E-state index contributed by atoms with van der Waals surface area (Å²) in [6.45, 7) is 3.22. The van der Waals surface area contributed by atoms with Crippen LogP contribution in [0.25, 0.3) is 0 Å². The van der Waals surface area contributed by atoms with Gasteiger partial charge < -0.3 is 10.1 Å². The highest BCUT2D eigenvalue weighted by Gasteiger charge is 2.22. The molecule has 8 nitrogen and oxygen atoms in total. The Labute approximate surface area is 155 Å². The Morgan fingerprint density at radius 2 is 2.19 bits per heavy atom. The van der Waals surface area contributed by atoms with Gasteiger partial charge in [0, 0.05) is 0 Å². The number of hydrogen-bond donors (Lipinski definition) is 1. The number of benzene rings is 1. The van der Waals surface area contributed by atoms with Crippen molar-refractivity contribution in [3.05, 3.63) is 44.2 Å². The number of nitrogens with one attached hydrogen (secondary N) is 1. The van der Waals surface area contributed by atoms with Gasteiger partial charge in [-0.15, -0.1) is 0 Å². The summed E-state index contributed by atoms with van der Waals surface area (Å²) in [6, 6.07) is 4.03. The van der Waals surface area contributed by atoms with E-state index in [2.05, 4.69) is 26.3 Å². The molecule has 0 aliphatic carbocycles. The third kappa shape index (κ3) is 4.34. The summed E-state index contributed by atoms with van der Waals surface area (Å²) in [4.78, 5) is 22.7. The topological polar surface area (TPSA) is 99.3 Å². The third-order valence-electron chi connectivity index (χ3n) is 3.41. The van der Waals surface area contributed by atoms with E-state index < -0.39 is 22.9 Å². The molecule has 1 heterocycles. The maximum atomic E-state index is 12.9. The smallest absolute Gasteiger partial charge is 0.296 e. The molecule has 1 aromatic carbocycles. The molecule has 0 fully saturated rings. The Balaban J connectivity index is 2.20. The lowest BCUT2D eigenvalue weighted by Gasteiger charge is -2.09. The number of carbonyl (C=O) groups excluding carboxylic acids is 1. The van der Waals surface area contributed by atoms with Gasteiger partial charge in [-0.2, -0.15) is 5.10 Å². The molecule has 0 atom stereocenters. The van der Waals surface area contributed by atoms with E-state index in [0.717, 1.165) is 4.68 Å². The van der Waals surface area contributed by atoms with Crippen LogP contribution >= 0.6 is 15.9 Å². The first-order valence-corrected chi connectivity index (χ1v) is 8.25. The average molecular weight is 433 g/mol. The molecule has 0 bridgehead atoms. The molecule has 1 N–H and O–H groups in total. The Kier molecular flexibility index (Phi) is 6.24. The lowest BCUT2D eigenvalue weighted by molar-refractivity contribution is -0.384. The zero-order chi connectivity index (χ0) is 19.4. The summed E-state index contributed by atoms with van der Waals surface area (Å²) < 4.78 is 32.1. The number of ether oxygens (including phenoxy) is 1. The number of aromatic nitrogens is 2. The summed E-state index contributed by atoms with van der Waals surface area (Å²) in [7, 11) is 0. The first kappa shape index (κ1) is 19.8. The van der Waals surface area contributed by atoms with E-state index in [1.165, 1.54) is 25.1 Å². The number of anilines is 1. The molecule has 0 saturated carbocycles. The highest BCUT2D eigenvalue weighted by Crippen LogP contribution is 2.30. The minimum Gasteiger partial charge on any atom is -0.494 e. The summed E-state index contributed by atoms with van der Waals surface area (Å²) in [5, 5.41) is 17.3. The molecular weight excluding hydrogens is 418 g/mol. The van der Waals surface area contributed by atoms with Crippen molar-refractivity contribution in [2.45, 2.75) is 26.8 Å². The zero-order valence-electron chi connectivity index (χ0n) is 13.8. The van der Waals surface area contributed by atoms with Gasteiger partial charge in [0.2, 0.25) is 5.91 Å². The number of carbonyl (C=O) groups is 1. The molecule has 0 saturated heterocycles. The largest absolute Gasteiger partial charge is 0.494 e. The normalized spacial score (nSPS) is 10.8. The minimum absolute atomic E-state index is 0.0265. The Hall–Kier alpha value is -2.56. The van der Waals surface area contributed by atoms with Crippen molar-refractivity contribution in [3.8, 4) is 5.75 Å². The molecule has 0 aliphatic rings. The number of nitro groups is 1. The molecule has 11 heteroatoms. The van der Waals surface area contributed by atoms with Crippen LogP contribution in [0.15, 0.2) is 22.7 Å². The summed E-state index contributed by atoms with van der Waals surface area (Å²) >= 11 is 3.01. The number of halogens is 3. The molecule has 1 amide bonds. The molecule has 140 valence electrons. The monoisotopic (exact) mass is 432 g/mol. The highest BCUT2D eigenvalue weighted by atomic mass is 79.9. The second-order valence-electron chi connectivity index (χ2n) is 5.16. The van der Waals surface area contributed by atoms with E-state index in [1.807, 2.05) is 0 Å². The Morgan fingerprint density at radius 3 is 2.73 bits per heavy atom. The maximum absolute atomic E-state index is 12.9. The number of amides is 1. The van der Waals surface area contributed by atoms with E-state index in [1.54, 1.807) is 6.92 Å². The number of nitrogens with zero attached hydrogens (tertiary/aromatic N) is 3. The molecule has 0 unspecified atom stereocenters. The second kappa shape index (κ2) is 8.21. The van der Waals surface area contributed by atoms with Crippen LogP contribution in [-0.4, -0.2) is 27.2 Å². The van der Waals surface area contributed by atoms with Gasteiger partial charge in [0.15, 0.2) is 0 Å². The van der Waals surface area contributed by atoms with Crippen molar-refractivity contribution in [1.82, 2.24) is 9.78 Å². The molecule has 1 aromatic heterocycles. The third-order valence-corrected chi connectivity index (χ3v) is 4.39. The summed E-state index contributed by atoms with van der Waals surface area (Å²) in [5.74, 6) is -0.346. The second-order valence-corrected chi connectivity index (χ2v) is 5.95. The molecule has 0 radical (unpaired) electrons. The predicted octanol–water partition coefficient (Wildman–Crippen LogP) is 3.84. The molecule has 0 aliphatic heterocycles. The van der Waals surface area contributed by atoms with Crippen molar-refractivity contribution < 1.29 is 23.2 Å². The fourth-order valence-corrected chi connectivity index (χ4v) is 2.65. The lowest BCUT2D eigenvalue weighted by Crippen LogP contribution is -2.21. The van der Waals surface area contributed by atoms with Gasteiger partial charge in [-0.05, 0) is 41.9 Å². The van der Waals surface area contributed by atoms with Gasteiger partial charge in [-0.3, -0.25) is 19.6 Å². The van der Waals surface area contributed by atoms with Gasteiger partial charge in [0.1, 0.15) is 23.7 Å². The van der Waals surface area contributed by atoms with E-state index in [9.17, 15) is 23.7 Å². The van der Waals surface area contributed by atoms with E-state index >= 15 is 0 Å². The van der Waals surface area contributed by atoms with Crippen molar-refractivity contribution in [3.63, 3.8) is 0 Å². The standard InChI is InChI=1S/C15H15BrF2N4O4/c1-3-26-9-4-5-10(11(6-9)22(24)25)19-12(23)7-21-8(2)13(16)14(20-21)15(17)18/h4-6,15H,3,7H2,1-2H3,(H,19,23). The van der Waals surface area contributed by atoms with Gasteiger partial charge in [0.05, 0.1) is 27.8 Å². The van der Waals surface area contributed by atoms with Gasteiger partial charge in [0.25, 0.3) is 12.1 Å². The molecule has 2 aromatic rings. The number of rotatable bonds is 7. The first-order chi connectivity index (χ1) is 12.2. The van der Waals surface area contributed by atoms with Crippen LogP contribution in [0.3, 0.4) is 0 Å². The zero-order valence-corrected chi connectivity index (χ0v) is 15.4. The van der Waals surface area contributed by atoms with Crippen LogP contribution in [0.2, 0.25) is 0 Å². The maximum Gasteiger partial charge on any atom is 0.296 e. The predicted molar refractivity (Wildman–Crippen MR) is 92.5 cm³/mol. The quantitative estimate of drug-likeness (QED) is 0.529. The highest BCUT2D eigenvalue weighted by molar-refractivity contribution is 9.10. The van der Waals surface area contributed by atoms with Crippen LogP contribution in [0.5, 0.6) is 5.75 Å². The Bertz CT molecular complexity index is 841. The van der Waals surface area contributed by atoms with E-state index in [-0.39, 0.29) is 22.4 Å². The van der Waals surface area contributed by atoms with E-state index in [4.69, 9.17) is 4.74 Å². The molecule has 26 heavy (non-hydrogen) atoms. The lowest BCUT2D eigenvalue weighted by atomic mass is 10.2. The first-order valence-electron chi connectivity index (χ1n) is 7.46. The number of alkyl halides is 2. The molecular formula is C15H15BrF2N4O4. The van der Waals surface area contributed by atoms with E-state index in [0.29, 0.717) is 18.1 Å². The summed E-state index contributed by atoms with van der Waals surface area (Å²) in [5.41, 5.74) is -0.490. The van der Waals surface area contributed by atoms with Crippen molar-refractivity contribution in [2.75, 3.05) is 11.9 Å². The minimum atomic E-state index is -2.79. The number of hydrogen-bond acceptors (Lipinski definition) is 5. The number of nitro benzene ring substituents is 1. The van der Waals surface area contributed by atoms with Crippen molar-refractivity contribution >= 4 is 33.2 Å². The fourth-order valence-electron chi connectivity index (χ4n) is 2.19. The van der Waals surface area contributed by atoms with Gasteiger partial charge in [-0.25, -0.2) is 8.78 Å². The van der Waals surface area contributed by atoms with Crippen LogP contribution in [0.1, 0.15) is 24.7 Å². The Morgan fingerprint density at radius 1 is 1.50 bits per heavy atom. The van der Waals surface area contributed by atoms with Crippen LogP contribution in [-0.2, 0) is 11.3 Å².